The predicted molar refractivity (Wildman–Crippen MR) is 75.0 cm³/mol. The molecule has 0 atom stereocenters. The third kappa shape index (κ3) is 2.29. The average molecular weight is 264 g/mol. The molecule has 0 aliphatic rings. The Morgan fingerprint density at radius 3 is 2.95 bits per heavy atom. The van der Waals surface area contributed by atoms with Crippen LogP contribution in [0, 0.1) is 11.3 Å². The molecule has 0 radical (unpaired) electrons. The Kier molecular flexibility index (Phi) is 3.25. The summed E-state index contributed by atoms with van der Waals surface area (Å²) in [6, 6.07) is 9.71. The van der Waals surface area contributed by atoms with Gasteiger partial charge in [0.2, 0.25) is 0 Å². The van der Waals surface area contributed by atoms with Crippen LogP contribution in [-0.4, -0.2) is 26.7 Å². The van der Waals surface area contributed by atoms with Gasteiger partial charge in [-0.05, 0) is 6.07 Å². The minimum absolute atomic E-state index is 0.313. The second kappa shape index (κ2) is 5.36. The largest absolute Gasteiger partial charge is 0.382 e. The molecule has 0 aliphatic carbocycles. The molecule has 20 heavy (non-hydrogen) atoms. The molecule has 0 bridgehead atoms. The number of benzene rings is 1. The average Bonchev–Trinajstić information content (AvgIpc) is 3.00. The number of aromatic amines is 1. The van der Waals surface area contributed by atoms with Crippen molar-refractivity contribution in [3.8, 4) is 6.07 Å². The van der Waals surface area contributed by atoms with E-state index in [0.29, 0.717) is 12.2 Å². The van der Waals surface area contributed by atoms with Gasteiger partial charge < -0.3 is 10.3 Å². The quantitative estimate of drug-likeness (QED) is 0.750. The topological polar surface area (TPSA) is 90.3 Å². The number of nitrogens with zero attached hydrogens (tertiary/aromatic N) is 4. The van der Waals surface area contributed by atoms with E-state index >= 15 is 0 Å². The van der Waals surface area contributed by atoms with Crippen molar-refractivity contribution in [2.45, 2.75) is 6.42 Å². The van der Waals surface area contributed by atoms with Crippen molar-refractivity contribution in [3.05, 3.63) is 48.2 Å². The molecule has 0 saturated carbocycles. The van der Waals surface area contributed by atoms with Crippen molar-refractivity contribution in [1.82, 2.24) is 20.2 Å². The van der Waals surface area contributed by atoms with Crippen LogP contribution in [-0.2, 0) is 6.42 Å². The summed E-state index contributed by atoms with van der Waals surface area (Å²) in [7, 11) is 0. The van der Waals surface area contributed by atoms with Gasteiger partial charge in [-0.15, -0.1) is 10.2 Å². The summed E-state index contributed by atoms with van der Waals surface area (Å²) < 4.78 is 0. The standard InChI is InChI=1S/C14H12N6/c15-7-13-14(17-6-5-10-8-16-9-18-10)11-3-1-2-4-12(11)19-20-13/h1-4,8-9H,5-6H2,(H,16,18)(H,17,19). The molecule has 2 aromatic heterocycles. The lowest BCUT2D eigenvalue weighted by atomic mass is 10.1. The Morgan fingerprint density at radius 2 is 2.15 bits per heavy atom. The summed E-state index contributed by atoms with van der Waals surface area (Å²) in [5.74, 6) is 0. The molecule has 0 unspecified atom stereocenters. The normalized spacial score (nSPS) is 10.3. The molecule has 98 valence electrons. The molecule has 0 aliphatic heterocycles. The van der Waals surface area contributed by atoms with Crippen LogP contribution in [0.4, 0.5) is 5.69 Å². The molecular formula is C14H12N6. The Hall–Kier alpha value is -2.94. The number of nitrogens with one attached hydrogen (secondary N) is 2. The fourth-order valence-corrected chi connectivity index (χ4v) is 2.05. The third-order valence-corrected chi connectivity index (χ3v) is 3.02. The Labute approximate surface area is 115 Å². The maximum absolute atomic E-state index is 9.15. The van der Waals surface area contributed by atoms with Gasteiger partial charge in [0.1, 0.15) is 6.07 Å². The lowest BCUT2D eigenvalue weighted by Gasteiger charge is -2.09. The molecule has 2 heterocycles. The van der Waals surface area contributed by atoms with E-state index in [2.05, 4.69) is 31.6 Å². The number of H-pyrrole nitrogens is 1. The van der Waals surface area contributed by atoms with Gasteiger partial charge in [-0.2, -0.15) is 5.26 Å². The van der Waals surface area contributed by atoms with Gasteiger partial charge >= 0.3 is 0 Å². The fourth-order valence-electron chi connectivity index (χ4n) is 2.05. The molecule has 1 aromatic carbocycles. The third-order valence-electron chi connectivity index (χ3n) is 3.02. The number of aromatic nitrogens is 4. The number of rotatable bonds is 4. The van der Waals surface area contributed by atoms with Crippen LogP contribution in [0.2, 0.25) is 0 Å². The molecule has 3 aromatic rings. The summed E-state index contributed by atoms with van der Waals surface area (Å²) in [6.45, 7) is 0.687. The minimum atomic E-state index is 0.313. The van der Waals surface area contributed by atoms with Crippen LogP contribution in [0.1, 0.15) is 11.4 Å². The van der Waals surface area contributed by atoms with Crippen LogP contribution in [0.25, 0.3) is 10.9 Å². The smallest absolute Gasteiger partial charge is 0.186 e. The van der Waals surface area contributed by atoms with Crippen LogP contribution >= 0.6 is 0 Å². The molecule has 2 N–H and O–H groups in total. The van der Waals surface area contributed by atoms with E-state index in [1.54, 1.807) is 12.5 Å². The van der Waals surface area contributed by atoms with E-state index in [9.17, 15) is 0 Å². The van der Waals surface area contributed by atoms with Gasteiger partial charge in [0.05, 0.1) is 17.5 Å². The first kappa shape index (κ1) is 12.1. The van der Waals surface area contributed by atoms with Gasteiger partial charge in [0.25, 0.3) is 0 Å². The second-order valence-electron chi connectivity index (χ2n) is 4.31. The van der Waals surface area contributed by atoms with Crippen LogP contribution in [0.5, 0.6) is 0 Å². The number of anilines is 1. The van der Waals surface area contributed by atoms with Gasteiger partial charge in [-0.25, -0.2) is 4.98 Å². The number of hydrogen-bond donors (Lipinski definition) is 2. The maximum atomic E-state index is 9.15. The predicted octanol–water partition coefficient (Wildman–Crippen LogP) is 1.88. The monoisotopic (exact) mass is 264 g/mol. The molecule has 3 rings (SSSR count). The molecule has 6 nitrogen and oxygen atoms in total. The van der Waals surface area contributed by atoms with Crippen LogP contribution in [0.15, 0.2) is 36.8 Å². The maximum Gasteiger partial charge on any atom is 0.186 e. The summed E-state index contributed by atoms with van der Waals surface area (Å²) in [5, 5.41) is 21.3. The van der Waals surface area contributed by atoms with Crippen molar-refractivity contribution in [3.63, 3.8) is 0 Å². The first-order valence-corrected chi connectivity index (χ1v) is 6.25. The summed E-state index contributed by atoms with van der Waals surface area (Å²) in [6.07, 6.45) is 4.23. The highest BCUT2D eigenvalue weighted by Crippen LogP contribution is 2.23. The van der Waals surface area contributed by atoms with Gasteiger partial charge in [0.15, 0.2) is 5.69 Å². The Bertz CT molecular complexity index is 757. The van der Waals surface area contributed by atoms with E-state index in [1.165, 1.54) is 0 Å². The molecule has 0 fully saturated rings. The molecular weight excluding hydrogens is 252 g/mol. The van der Waals surface area contributed by atoms with Crippen molar-refractivity contribution >= 4 is 16.6 Å². The highest BCUT2D eigenvalue weighted by Gasteiger charge is 2.09. The molecule has 0 spiro atoms. The summed E-state index contributed by atoms with van der Waals surface area (Å²) in [5.41, 5.74) is 2.86. The van der Waals surface area contributed by atoms with Gasteiger partial charge in [-0.3, -0.25) is 0 Å². The summed E-state index contributed by atoms with van der Waals surface area (Å²) >= 11 is 0. The van der Waals surface area contributed by atoms with Gasteiger partial charge in [-0.1, -0.05) is 18.2 Å². The van der Waals surface area contributed by atoms with E-state index in [1.807, 2.05) is 24.3 Å². The number of nitriles is 1. The highest BCUT2D eigenvalue weighted by molar-refractivity contribution is 5.92. The minimum Gasteiger partial charge on any atom is -0.382 e. The molecule has 0 saturated heterocycles. The fraction of sp³-hybridized carbons (Fsp3) is 0.143. The second-order valence-corrected chi connectivity index (χ2v) is 4.31. The summed E-state index contributed by atoms with van der Waals surface area (Å²) in [4.78, 5) is 7.02. The van der Waals surface area contributed by atoms with Crippen molar-refractivity contribution in [2.24, 2.45) is 0 Å². The zero-order chi connectivity index (χ0) is 13.8. The molecule has 6 heteroatoms. The Balaban J connectivity index is 1.87. The number of imidazole rings is 1. The zero-order valence-corrected chi connectivity index (χ0v) is 10.7. The van der Waals surface area contributed by atoms with Crippen molar-refractivity contribution in [2.75, 3.05) is 11.9 Å². The zero-order valence-electron chi connectivity index (χ0n) is 10.7. The molecule has 0 amide bonds. The SMILES string of the molecule is N#Cc1nnc2ccccc2c1NCCc1cnc[nH]1. The van der Waals surface area contributed by atoms with Crippen molar-refractivity contribution in [1.29, 1.82) is 5.26 Å². The van der Waals surface area contributed by atoms with E-state index in [4.69, 9.17) is 5.26 Å². The van der Waals surface area contributed by atoms with Crippen LogP contribution < -0.4 is 5.32 Å². The van der Waals surface area contributed by atoms with Gasteiger partial charge in [0, 0.05) is 30.2 Å². The van der Waals surface area contributed by atoms with E-state index < -0.39 is 0 Å². The Morgan fingerprint density at radius 1 is 1.25 bits per heavy atom. The first-order chi connectivity index (χ1) is 9.88. The number of fused-ring (bicyclic) bond motifs is 1. The van der Waals surface area contributed by atoms with E-state index in [-0.39, 0.29) is 0 Å². The van der Waals surface area contributed by atoms with E-state index in [0.717, 1.165) is 28.7 Å². The van der Waals surface area contributed by atoms with Crippen LogP contribution in [0.3, 0.4) is 0 Å². The first-order valence-electron chi connectivity index (χ1n) is 6.25. The van der Waals surface area contributed by atoms with Crippen molar-refractivity contribution < 1.29 is 0 Å². The lowest BCUT2D eigenvalue weighted by Crippen LogP contribution is -2.08. The number of hydrogen-bond acceptors (Lipinski definition) is 5. The highest BCUT2D eigenvalue weighted by atomic mass is 15.1. The lowest BCUT2D eigenvalue weighted by molar-refractivity contribution is 0.968.